The van der Waals surface area contributed by atoms with Crippen LogP contribution in [0.2, 0.25) is 5.02 Å². The number of rotatable bonds is 2. The first kappa shape index (κ1) is 12.8. The van der Waals surface area contributed by atoms with Gasteiger partial charge in [-0.3, -0.25) is 4.79 Å². The molecule has 2 N–H and O–H groups in total. The van der Waals surface area contributed by atoms with Crippen molar-refractivity contribution in [3.8, 4) is 5.75 Å². The molecule has 1 aromatic rings. The van der Waals surface area contributed by atoms with Gasteiger partial charge in [-0.2, -0.15) is 0 Å². The van der Waals surface area contributed by atoms with Crippen LogP contribution in [0.4, 0.5) is 0 Å². The minimum Gasteiger partial charge on any atom is -0.493 e. The number of benzene rings is 1. The van der Waals surface area contributed by atoms with Crippen LogP contribution in [0, 0.1) is 5.92 Å². The van der Waals surface area contributed by atoms with Crippen molar-refractivity contribution < 1.29 is 9.53 Å². The van der Waals surface area contributed by atoms with Crippen LogP contribution in [0.3, 0.4) is 0 Å². The van der Waals surface area contributed by atoms with Gasteiger partial charge in [0.15, 0.2) is 0 Å². The fourth-order valence-electron chi connectivity index (χ4n) is 2.46. The average molecular weight is 281 g/mol. The predicted octanol–water partition coefficient (Wildman–Crippen LogP) is 1.89. The highest BCUT2D eigenvalue weighted by Crippen LogP contribution is 2.33. The molecule has 102 valence electrons. The summed E-state index contributed by atoms with van der Waals surface area (Å²) in [6.45, 7) is 2.23. The Balaban J connectivity index is 1.79. The van der Waals surface area contributed by atoms with Gasteiger partial charge in [0, 0.05) is 23.7 Å². The second kappa shape index (κ2) is 5.39. The van der Waals surface area contributed by atoms with Crippen molar-refractivity contribution in [3.63, 3.8) is 0 Å². The third-order valence-corrected chi connectivity index (χ3v) is 3.95. The van der Waals surface area contributed by atoms with Crippen molar-refractivity contribution >= 4 is 17.5 Å². The molecule has 1 aromatic carbocycles. The summed E-state index contributed by atoms with van der Waals surface area (Å²) in [4.78, 5) is 12.1. The maximum Gasteiger partial charge on any atom is 0.226 e. The number of carbonyl (C=O) groups is 1. The molecule has 1 saturated heterocycles. The van der Waals surface area contributed by atoms with Crippen LogP contribution in [0.25, 0.3) is 0 Å². The molecule has 1 fully saturated rings. The van der Waals surface area contributed by atoms with E-state index in [0.29, 0.717) is 11.6 Å². The first-order valence-corrected chi connectivity index (χ1v) is 7.05. The van der Waals surface area contributed by atoms with Crippen molar-refractivity contribution in [1.29, 1.82) is 0 Å². The molecule has 0 bridgehead atoms. The Hall–Kier alpha value is -1.26. The van der Waals surface area contributed by atoms with Crippen molar-refractivity contribution in [1.82, 2.24) is 10.6 Å². The van der Waals surface area contributed by atoms with Crippen LogP contribution in [0.5, 0.6) is 5.75 Å². The first-order valence-electron chi connectivity index (χ1n) is 6.67. The zero-order valence-electron chi connectivity index (χ0n) is 10.6. The monoisotopic (exact) mass is 280 g/mol. The third-order valence-electron chi connectivity index (χ3n) is 3.71. The minimum absolute atomic E-state index is 0.0304. The lowest BCUT2D eigenvalue weighted by Gasteiger charge is -2.28. The summed E-state index contributed by atoms with van der Waals surface area (Å²) in [5, 5.41) is 6.91. The summed E-state index contributed by atoms with van der Waals surface area (Å²) < 4.78 is 5.69. The van der Waals surface area contributed by atoms with Crippen LogP contribution in [-0.4, -0.2) is 25.6 Å². The van der Waals surface area contributed by atoms with Crippen LogP contribution in [-0.2, 0) is 4.79 Å². The maximum atomic E-state index is 12.1. The van der Waals surface area contributed by atoms with E-state index < -0.39 is 0 Å². The van der Waals surface area contributed by atoms with E-state index in [4.69, 9.17) is 16.3 Å². The fourth-order valence-corrected chi connectivity index (χ4v) is 2.62. The minimum atomic E-state index is 0.0304. The lowest BCUT2D eigenvalue weighted by molar-refractivity contribution is -0.127. The van der Waals surface area contributed by atoms with E-state index in [0.717, 1.165) is 37.2 Å². The summed E-state index contributed by atoms with van der Waals surface area (Å²) in [5.74, 6) is 1.04. The van der Waals surface area contributed by atoms with E-state index in [1.54, 1.807) is 0 Å². The summed E-state index contributed by atoms with van der Waals surface area (Å²) in [7, 11) is 0. The van der Waals surface area contributed by atoms with Crippen LogP contribution < -0.4 is 15.4 Å². The normalized spacial score (nSPS) is 22.7. The third kappa shape index (κ3) is 2.69. The lowest BCUT2D eigenvalue weighted by atomic mass is 9.98. The van der Waals surface area contributed by atoms with Crippen LogP contribution in [0.1, 0.15) is 24.4 Å². The zero-order chi connectivity index (χ0) is 13.2. The summed E-state index contributed by atoms with van der Waals surface area (Å²) >= 11 is 5.99. The molecule has 5 heteroatoms. The molecule has 0 radical (unpaired) electrons. The number of amides is 1. The van der Waals surface area contributed by atoms with Gasteiger partial charge in [-0.25, -0.2) is 0 Å². The van der Waals surface area contributed by atoms with Gasteiger partial charge in [-0.1, -0.05) is 17.7 Å². The molecule has 1 unspecified atom stereocenters. The largest absolute Gasteiger partial charge is 0.493 e. The topological polar surface area (TPSA) is 50.4 Å². The molecule has 0 saturated carbocycles. The standard InChI is InChI=1S/C14H17ClN2O2/c15-10-3-4-11-12(2-1-5-19-13(11)6-10)17-14(18)9-7-16-8-9/h3-4,6,9,12,16H,1-2,5,7-8H2,(H,17,18). The molecule has 0 spiro atoms. The molecule has 0 aromatic heterocycles. The van der Waals surface area contributed by atoms with Crippen LogP contribution >= 0.6 is 11.6 Å². The number of fused-ring (bicyclic) bond motifs is 1. The smallest absolute Gasteiger partial charge is 0.226 e. The average Bonchev–Trinajstić information content (AvgIpc) is 2.49. The number of carbonyl (C=O) groups excluding carboxylic acids is 1. The SMILES string of the molecule is O=C(NC1CCCOc2cc(Cl)ccc21)C1CNC1. The van der Waals surface area contributed by atoms with E-state index in [9.17, 15) is 4.79 Å². The second-order valence-corrected chi connectivity index (χ2v) is 5.53. The van der Waals surface area contributed by atoms with Gasteiger partial charge in [-0.15, -0.1) is 0 Å². The van der Waals surface area contributed by atoms with E-state index in [-0.39, 0.29) is 17.9 Å². The Bertz CT molecular complexity index is 488. The van der Waals surface area contributed by atoms with E-state index in [1.165, 1.54) is 0 Å². The van der Waals surface area contributed by atoms with E-state index >= 15 is 0 Å². The number of halogens is 1. The molecule has 1 atom stereocenters. The van der Waals surface area contributed by atoms with E-state index in [1.807, 2.05) is 18.2 Å². The number of hydrogen-bond acceptors (Lipinski definition) is 3. The number of nitrogens with one attached hydrogen (secondary N) is 2. The number of hydrogen-bond donors (Lipinski definition) is 2. The van der Waals surface area contributed by atoms with Crippen molar-refractivity contribution in [2.45, 2.75) is 18.9 Å². The Morgan fingerprint density at radius 2 is 2.26 bits per heavy atom. The fraction of sp³-hybridized carbons (Fsp3) is 0.500. The first-order chi connectivity index (χ1) is 9.24. The van der Waals surface area contributed by atoms with Gasteiger partial charge < -0.3 is 15.4 Å². The Morgan fingerprint density at radius 3 is 3.00 bits per heavy atom. The molecule has 4 nitrogen and oxygen atoms in total. The van der Waals surface area contributed by atoms with Gasteiger partial charge in [0.2, 0.25) is 5.91 Å². The molecule has 3 rings (SSSR count). The van der Waals surface area contributed by atoms with Crippen molar-refractivity contribution in [2.75, 3.05) is 19.7 Å². The zero-order valence-corrected chi connectivity index (χ0v) is 11.4. The lowest BCUT2D eigenvalue weighted by Crippen LogP contribution is -2.51. The highest BCUT2D eigenvalue weighted by Gasteiger charge is 2.28. The van der Waals surface area contributed by atoms with Crippen molar-refractivity contribution in [2.24, 2.45) is 5.92 Å². The molecule has 2 heterocycles. The van der Waals surface area contributed by atoms with Gasteiger partial charge in [-0.05, 0) is 25.0 Å². The highest BCUT2D eigenvalue weighted by atomic mass is 35.5. The molecular formula is C14H17ClN2O2. The Morgan fingerprint density at radius 1 is 1.42 bits per heavy atom. The van der Waals surface area contributed by atoms with Crippen molar-refractivity contribution in [3.05, 3.63) is 28.8 Å². The molecule has 2 aliphatic rings. The highest BCUT2D eigenvalue weighted by molar-refractivity contribution is 6.30. The van der Waals surface area contributed by atoms with Gasteiger partial charge in [0.1, 0.15) is 5.75 Å². The second-order valence-electron chi connectivity index (χ2n) is 5.09. The van der Waals surface area contributed by atoms with Gasteiger partial charge >= 0.3 is 0 Å². The molecule has 1 amide bonds. The molecular weight excluding hydrogens is 264 g/mol. The maximum absolute atomic E-state index is 12.1. The van der Waals surface area contributed by atoms with Crippen LogP contribution in [0.15, 0.2) is 18.2 Å². The quantitative estimate of drug-likeness (QED) is 0.870. The van der Waals surface area contributed by atoms with Gasteiger partial charge in [0.05, 0.1) is 18.6 Å². The van der Waals surface area contributed by atoms with Gasteiger partial charge in [0.25, 0.3) is 0 Å². The molecule has 19 heavy (non-hydrogen) atoms. The molecule has 0 aliphatic carbocycles. The molecule has 2 aliphatic heterocycles. The summed E-state index contributed by atoms with van der Waals surface area (Å²) in [6, 6.07) is 5.65. The summed E-state index contributed by atoms with van der Waals surface area (Å²) in [5.41, 5.74) is 1.03. The number of ether oxygens (including phenoxy) is 1. The predicted molar refractivity (Wildman–Crippen MR) is 73.4 cm³/mol. The van der Waals surface area contributed by atoms with E-state index in [2.05, 4.69) is 10.6 Å². The Kier molecular flexibility index (Phi) is 3.62. The summed E-state index contributed by atoms with van der Waals surface area (Å²) in [6.07, 6.45) is 1.83. The Labute approximate surface area is 117 Å².